The fourth-order valence-electron chi connectivity index (χ4n) is 0.311. The first-order valence-corrected chi connectivity index (χ1v) is 2.57. The third-order valence-electron chi connectivity index (χ3n) is 0.762. The predicted molar refractivity (Wildman–Crippen MR) is 34.3 cm³/mol. The van der Waals surface area contributed by atoms with Gasteiger partial charge in [0.1, 0.15) is 0 Å². The molecule has 0 radical (unpaired) electrons. The molecule has 0 amide bonds. The molecular formula is C7H7F3. The van der Waals surface area contributed by atoms with Crippen LogP contribution in [0.1, 0.15) is 6.42 Å². The first-order valence-electron chi connectivity index (χ1n) is 2.57. The van der Waals surface area contributed by atoms with Crippen LogP contribution in [-0.2, 0) is 0 Å². The maximum atomic E-state index is 12.1. The van der Waals surface area contributed by atoms with Crippen molar-refractivity contribution < 1.29 is 13.2 Å². The molecule has 0 aromatic rings. The molecule has 0 saturated heterocycles. The highest BCUT2D eigenvalue weighted by Crippen LogP contribution is 2.12. The molecule has 0 aliphatic carbocycles. The summed E-state index contributed by atoms with van der Waals surface area (Å²) < 4.78 is 35.6. The molecule has 0 aromatic heterocycles. The van der Waals surface area contributed by atoms with Crippen molar-refractivity contribution >= 4 is 0 Å². The summed E-state index contributed by atoms with van der Waals surface area (Å²) in [4.78, 5) is 0. The Balaban J connectivity index is 3.92. The van der Waals surface area contributed by atoms with Gasteiger partial charge in [-0.25, -0.2) is 13.2 Å². The second kappa shape index (κ2) is 3.93. The zero-order chi connectivity index (χ0) is 8.15. The van der Waals surface area contributed by atoms with Gasteiger partial charge in [-0.1, -0.05) is 13.2 Å². The van der Waals surface area contributed by atoms with E-state index in [2.05, 4.69) is 13.2 Å². The van der Waals surface area contributed by atoms with Gasteiger partial charge < -0.3 is 0 Å². The third-order valence-corrected chi connectivity index (χ3v) is 0.762. The van der Waals surface area contributed by atoms with Crippen LogP contribution in [0.15, 0.2) is 36.7 Å². The van der Waals surface area contributed by atoms with Crippen LogP contribution in [0.2, 0.25) is 0 Å². The zero-order valence-electron chi connectivity index (χ0n) is 5.33. The lowest BCUT2D eigenvalue weighted by Gasteiger charge is -1.88. The minimum Gasteiger partial charge on any atom is -0.212 e. The highest BCUT2D eigenvalue weighted by Gasteiger charge is 1.97. The summed E-state index contributed by atoms with van der Waals surface area (Å²) in [6.45, 7) is 5.53. The van der Waals surface area contributed by atoms with Crippen LogP contribution in [0.25, 0.3) is 0 Å². The van der Waals surface area contributed by atoms with Crippen molar-refractivity contribution in [3.8, 4) is 0 Å². The molecule has 0 aliphatic rings. The van der Waals surface area contributed by atoms with Gasteiger partial charge in [0.2, 0.25) is 0 Å². The van der Waals surface area contributed by atoms with Gasteiger partial charge in [-0.05, 0) is 6.08 Å². The molecule has 0 aliphatic heterocycles. The minimum absolute atomic E-state index is 0.311. The third kappa shape index (κ3) is 3.95. The lowest BCUT2D eigenvalue weighted by molar-refractivity contribution is 0.541. The van der Waals surface area contributed by atoms with Crippen LogP contribution in [0.4, 0.5) is 13.2 Å². The molecule has 10 heavy (non-hydrogen) atoms. The van der Waals surface area contributed by atoms with E-state index >= 15 is 0 Å². The summed E-state index contributed by atoms with van der Waals surface area (Å²) in [6, 6.07) is 0. The second-order valence-corrected chi connectivity index (χ2v) is 1.68. The molecule has 0 atom stereocenters. The van der Waals surface area contributed by atoms with Gasteiger partial charge in [0.25, 0.3) is 0 Å². The largest absolute Gasteiger partial charge is 0.212 e. The summed E-state index contributed by atoms with van der Waals surface area (Å²) in [5.74, 6) is -3.04. The van der Waals surface area contributed by atoms with E-state index in [9.17, 15) is 13.2 Å². The van der Waals surface area contributed by atoms with Gasteiger partial charge in [-0.3, -0.25) is 0 Å². The Morgan fingerprint density at radius 3 is 2.00 bits per heavy atom. The Morgan fingerprint density at radius 2 is 1.70 bits per heavy atom. The SMILES string of the molecule is C=C(F)C/C=C(/F)C(=C)F. The summed E-state index contributed by atoms with van der Waals surface area (Å²) >= 11 is 0. The van der Waals surface area contributed by atoms with Gasteiger partial charge in [0, 0.05) is 6.42 Å². The average molecular weight is 148 g/mol. The summed E-state index contributed by atoms with van der Waals surface area (Å²) in [6.07, 6.45) is 0.430. The van der Waals surface area contributed by atoms with Crippen LogP contribution in [0.5, 0.6) is 0 Å². The predicted octanol–water partition coefficient (Wildman–Crippen LogP) is 3.20. The monoisotopic (exact) mass is 148 g/mol. The molecular weight excluding hydrogens is 141 g/mol. The fourth-order valence-corrected chi connectivity index (χ4v) is 0.311. The molecule has 0 fully saturated rings. The van der Waals surface area contributed by atoms with Crippen LogP contribution in [-0.4, -0.2) is 0 Å². The molecule has 0 nitrogen and oxygen atoms in total. The smallest absolute Gasteiger partial charge is 0.154 e. The van der Waals surface area contributed by atoms with Crippen molar-refractivity contribution in [1.29, 1.82) is 0 Å². The Kier molecular flexibility index (Phi) is 3.54. The molecule has 3 heteroatoms. The molecule has 0 aromatic carbocycles. The standard InChI is InChI=1S/C7H7F3/c1-5(8)3-4-7(10)6(2)9/h4H,1-3H2/b7-4+. The molecule has 0 bridgehead atoms. The van der Waals surface area contributed by atoms with Crippen molar-refractivity contribution in [2.45, 2.75) is 6.42 Å². The van der Waals surface area contributed by atoms with E-state index in [4.69, 9.17) is 0 Å². The Bertz CT molecular complexity index is 179. The van der Waals surface area contributed by atoms with E-state index in [-0.39, 0.29) is 6.42 Å². The zero-order valence-corrected chi connectivity index (χ0v) is 5.33. The van der Waals surface area contributed by atoms with Gasteiger partial charge in [0.05, 0.1) is 5.83 Å². The van der Waals surface area contributed by atoms with E-state index in [1.54, 1.807) is 0 Å². The Labute approximate surface area is 57.4 Å². The van der Waals surface area contributed by atoms with Crippen molar-refractivity contribution in [2.75, 3.05) is 0 Å². The van der Waals surface area contributed by atoms with Crippen LogP contribution >= 0.6 is 0 Å². The second-order valence-electron chi connectivity index (χ2n) is 1.68. The van der Waals surface area contributed by atoms with E-state index in [0.717, 1.165) is 6.08 Å². The summed E-state index contributed by atoms with van der Waals surface area (Å²) in [5.41, 5.74) is 0. The quantitative estimate of drug-likeness (QED) is 0.539. The minimum atomic E-state index is -1.19. The maximum Gasteiger partial charge on any atom is 0.154 e. The van der Waals surface area contributed by atoms with Gasteiger partial charge in [-0.15, -0.1) is 0 Å². The van der Waals surface area contributed by atoms with Crippen molar-refractivity contribution in [3.05, 3.63) is 36.7 Å². The fraction of sp³-hybridized carbons (Fsp3) is 0.143. The van der Waals surface area contributed by atoms with E-state index < -0.39 is 17.5 Å². The molecule has 56 valence electrons. The highest BCUT2D eigenvalue weighted by molar-refractivity contribution is 5.16. The van der Waals surface area contributed by atoms with E-state index in [1.807, 2.05) is 0 Å². The van der Waals surface area contributed by atoms with Gasteiger partial charge in [0.15, 0.2) is 11.7 Å². The Hall–Kier alpha value is -0.990. The van der Waals surface area contributed by atoms with Crippen molar-refractivity contribution in [3.63, 3.8) is 0 Å². The van der Waals surface area contributed by atoms with Crippen molar-refractivity contribution in [2.24, 2.45) is 0 Å². The molecule has 0 unspecified atom stereocenters. The molecule has 0 heterocycles. The summed E-state index contributed by atoms with van der Waals surface area (Å²) in [5, 5.41) is 0. The van der Waals surface area contributed by atoms with E-state index in [0.29, 0.717) is 0 Å². The molecule has 0 spiro atoms. The lowest BCUT2D eigenvalue weighted by atomic mass is 10.3. The number of hydrogen-bond donors (Lipinski definition) is 0. The molecule has 0 N–H and O–H groups in total. The molecule has 0 rings (SSSR count). The number of hydrogen-bond acceptors (Lipinski definition) is 0. The van der Waals surface area contributed by atoms with Crippen LogP contribution in [0.3, 0.4) is 0 Å². The van der Waals surface area contributed by atoms with Crippen LogP contribution < -0.4 is 0 Å². The highest BCUT2D eigenvalue weighted by atomic mass is 19.2. The Morgan fingerprint density at radius 1 is 1.20 bits per heavy atom. The lowest BCUT2D eigenvalue weighted by Crippen LogP contribution is -1.73. The number of halogens is 3. The number of rotatable bonds is 3. The normalized spacial score (nSPS) is 11.3. The first kappa shape index (κ1) is 9.01. The summed E-state index contributed by atoms with van der Waals surface area (Å²) in [7, 11) is 0. The topological polar surface area (TPSA) is 0 Å². The van der Waals surface area contributed by atoms with Crippen molar-refractivity contribution in [1.82, 2.24) is 0 Å². The average Bonchev–Trinajstić information content (AvgIpc) is 1.82. The first-order chi connectivity index (χ1) is 4.54. The van der Waals surface area contributed by atoms with E-state index in [1.165, 1.54) is 0 Å². The van der Waals surface area contributed by atoms with Gasteiger partial charge in [-0.2, -0.15) is 0 Å². The molecule has 0 saturated carbocycles. The maximum absolute atomic E-state index is 12.1. The van der Waals surface area contributed by atoms with Crippen LogP contribution in [0, 0.1) is 0 Å². The van der Waals surface area contributed by atoms with Gasteiger partial charge >= 0.3 is 0 Å². The number of allylic oxidation sites excluding steroid dienone is 4.